The molecular weight excluding hydrogens is 2080 g/mol. The summed E-state index contributed by atoms with van der Waals surface area (Å²) in [4.78, 5) is 0. The third-order valence-electron chi connectivity index (χ3n) is 28.8. The molecule has 0 saturated carbocycles. The molecule has 28 rings (SSSR count). The van der Waals surface area contributed by atoms with Crippen LogP contribution < -0.4 is 0 Å². The third kappa shape index (κ3) is 18.6. The van der Waals surface area contributed by atoms with E-state index in [1.807, 2.05) is 0 Å². The van der Waals surface area contributed by atoms with Crippen molar-refractivity contribution in [1.82, 2.24) is 18.3 Å². The van der Waals surface area contributed by atoms with Gasteiger partial charge in [-0.05, 0) is 285 Å². The average molecular weight is 2180 g/mol. The van der Waals surface area contributed by atoms with Gasteiger partial charge in [0.1, 0.15) is 0 Å². The van der Waals surface area contributed by atoms with Crippen LogP contribution in [0.4, 0.5) is 0 Å². The van der Waals surface area contributed by atoms with Crippen LogP contribution in [0, 0.1) is 0 Å². The highest BCUT2D eigenvalue weighted by Crippen LogP contribution is 2.46. The van der Waals surface area contributed by atoms with Crippen molar-refractivity contribution < 1.29 is 0 Å². The monoisotopic (exact) mass is 2170 g/mol. The van der Waals surface area contributed by atoms with E-state index >= 15 is 0 Å². The van der Waals surface area contributed by atoms with Gasteiger partial charge in [-0.3, -0.25) is 0 Å². The van der Waals surface area contributed by atoms with E-state index in [-0.39, 0.29) is 0 Å². The maximum absolute atomic E-state index is 3.89. The summed E-state index contributed by atoms with van der Waals surface area (Å²) in [6.45, 7) is 0. The number of hydrogen-bond acceptors (Lipinski definition) is 0. The minimum atomic E-state index is 1.07. The van der Waals surface area contributed by atoms with Gasteiger partial charge in [-0.15, -0.1) is 0 Å². The zero-order valence-electron chi connectivity index (χ0n) is 81.6. The molecular formula is C142H94Br4N4. The summed E-state index contributed by atoms with van der Waals surface area (Å²) in [6.07, 6.45) is 0. The Morgan fingerprint density at radius 1 is 0.113 bits per heavy atom. The second-order valence-corrected chi connectivity index (χ2v) is 41.4. The zero-order valence-corrected chi connectivity index (χ0v) is 87.9. The normalized spacial score (nSPS) is 11.3. The highest BCUT2D eigenvalue weighted by Gasteiger charge is 2.22. The van der Waals surface area contributed by atoms with Crippen molar-refractivity contribution in [2.75, 3.05) is 0 Å². The lowest BCUT2D eigenvalue weighted by Gasteiger charge is -2.11. The topological polar surface area (TPSA) is 19.7 Å². The van der Waals surface area contributed by atoms with E-state index in [9.17, 15) is 0 Å². The summed E-state index contributed by atoms with van der Waals surface area (Å²) in [5.41, 5.74) is 41.0. The van der Waals surface area contributed by atoms with Gasteiger partial charge in [-0.1, -0.05) is 482 Å². The number of nitrogens with zero attached hydrogens (tertiary/aromatic N) is 4. The number of para-hydroxylation sites is 8. The number of benzene rings is 24. The molecule has 28 aromatic rings. The van der Waals surface area contributed by atoms with Crippen LogP contribution in [0.2, 0.25) is 0 Å². The van der Waals surface area contributed by atoms with Crippen molar-refractivity contribution >= 4 is 162 Å². The fourth-order valence-electron chi connectivity index (χ4n) is 21.6. The number of hydrogen-bond donors (Lipinski definition) is 0. The van der Waals surface area contributed by atoms with E-state index < -0.39 is 0 Å². The van der Waals surface area contributed by atoms with Crippen LogP contribution in [0.5, 0.6) is 0 Å². The third-order valence-corrected chi connectivity index (χ3v) is 31.1. The van der Waals surface area contributed by atoms with Gasteiger partial charge in [0, 0.05) is 83.7 Å². The number of fused-ring (bicyclic) bond motifs is 13. The van der Waals surface area contributed by atoms with E-state index in [0.29, 0.717) is 0 Å². The first kappa shape index (κ1) is 93.7. The van der Waals surface area contributed by atoms with Crippen LogP contribution in [0.25, 0.3) is 243 Å². The van der Waals surface area contributed by atoms with Crippen molar-refractivity contribution in [2.45, 2.75) is 0 Å². The van der Waals surface area contributed by atoms with E-state index in [2.05, 4.69) is 652 Å². The van der Waals surface area contributed by atoms with Crippen LogP contribution in [0.15, 0.2) is 588 Å². The van der Waals surface area contributed by atoms with E-state index in [1.54, 1.807) is 0 Å². The number of aromatic nitrogens is 4. The SMILES string of the molecule is Brc1cc(-c2ccc(-c3cccc4ccccc34)cc2)cc(-c2ccc3c4ccccc4n(-c4ccccc4)c3c2)c1.Brc1cc(-c2ccc3c4ccccc4n(-c4ccccc4)c3c2)ccc1-c1ccc(-c2ccccc2)cc1.Brc1cc(-c2ccc3c4ccccc4n(-c4ccccc4)c3c2)ccc1-c1cccc(-c2ccccc2)c1.Brc1cc(-c2ccccc2)cc(-c2ccc3c4ccccc4n(-c4ccccc4)c3c2)c1. The van der Waals surface area contributed by atoms with Gasteiger partial charge >= 0.3 is 0 Å². The first-order valence-electron chi connectivity index (χ1n) is 50.6. The smallest absolute Gasteiger partial charge is 0.0547 e. The molecule has 8 heteroatoms. The minimum absolute atomic E-state index is 1.07. The van der Waals surface area contributed by atoms with Gasteiger partial charge < -0.3 is 18.3 Å². The van der Waals surface area contributed by atoms with Crippen molar-refractivity contribution in [2.24, 2.45) is 0 Å². The average Bonchev–Trinajstić information content (AvgIpc) is 1.60. The molecule has 4 nitrogen and oxygen atoms in total. The Kier molecular flexibility index (Phi) is 25.9. The van der Waals surface area contributed by atoms with Crippen LogP contribution in [0.1, 0.15) is 0 Å². The molecule has 0 amide bonds. The quantitative estimate of drug-likeness (QED) is 0.0975. The van der Waals surface area contributed by atoms with Gasteiger partial charge in [0.2, 0.25) is 0 Å². The molecule has 24 aromatic carbocycles. The van der Waals surface area contributed by atoms with Crippen LogP contribution >= 0.6 is 63.7 Å². The van der Waals surface area contributed by atoms with Gasteiger partial charge in [0.15, 0.2) is 0 Å². The summed E-state index contributed by atoms with van der Waals surface area (Å²) in [7, 11) is 0. The van der Waals surface area contributed by atoms with E-state index in [1.165, 1.54) is 243 Å². The zero-order chi connectivity index (χ0) is 100. The molecule has 0 aliphatic rings. The van der Waals surface area contributed by atoms with Gasteiger partial charge in [-0.25, -0.2) is 0 Å². The lowest BCUT2D eigenvalue weighted by Crippen LogP contribution is -1.93. The summed E-state index contributed by atoms with van der Waals surface area (Å²) < 4.78 is 13.8. The predicted octanol–water partition coefficient (Wildman–Crippen LogP) is 41.7. The first-order chi connectivity index (χ1) is 74.0. The number of halogens is 4. The summed E-state index contributed by atoms with van der Waals surface area (Å²) in [5.74, 6) is 0. The van der Waals surface area contributed by atoms with Crippen LogP contribution in [-0.2, 0) is 0 Å². The first-order valence-corrected chi connectivity index (χ1v) is 53.7. The lowest BCUT2D eigenvalue weighted by atomic mass is 9.95. The summed E-state index contributed by atoms with van der Waals surface area (Å²) >= 11 is 15.3. The van der Waals surface area contributed by atoms with Crippen molar-refractivity contribution in [3.63, 3.8) is 0 Å². The molecule has 0 saturated heterocycles. The van der Waals surface area contributed by atoms with E-state index in [4.69, 9.17) is 0 Å². The van der Waals surface area contributed by atoms with Crippen molar-refractivity contribution in [3.8, 4) is 145 Å². The fourth-order valence-corrected chi connectivity index (χ4v) is 23.8. The van der Waals surface area contributed by atoms with Gasteiger partial charge in [0.25, 0.3) is 0 Å². The molecule has 0 bridgehead atoms. The van der Waals surface area contributed by atoms with Crippen LogP contribution in [-0.4, -0.2) is 18.3 Å². The molecule has 0 N–H and O–H groups in total. The maximum atomic E-state index is 3.89. The maximum Gasteiger partial charge on any atom is 0.0547 e. The standard InChI is InChI=1S/C40H26BrN.2C36H24BrN.C30H20BrN/c41-33-24-31(27-17-19-29(20-18-27)36-15-8-10-28-9-4-5-13-35(28)36)23-32(25-33)30-21-22-38-37-14-6-7-16-39(37)42(40(38)26-30)34-11-2-1-3-12-34;37-34-23-27(18-20-31(34)29-13-9-12-26(22-29)25-10-3-1-4-11-25)28-19-21-33-32-16-7-8-17-35(32)38(36(33)24-28)30-14-5-2-6-15-30;37-34-23-28(19-21-31(34)27-17-15-26(16-18-27)25-9-3-1-4-10-25)29-20-22-33-32-13-7-8-14-35(32)38(36(33)24-29)30-11-5-2-6-12-30;31-25-18-23(21-9-3-1-4-10-21)17-24(19-25)22-15-16-28-27-13-7-8-14-29(27)32(30(28)20-22)26-11-5-2-6-12-26/h1-26H;2*1-24H;1-20H. The molecule has 150 heavy (non-hydrogen) atoms. The second kappa shape index (κ2) is 41.5. The van der Waals surface area contributed by atoms with Crippen molar-refractivity contribution in [1.29, 1.82) is 0 Å². The molecule has 0 fully saturated rings. The summed E-state index contributed by atoms with van der Waals surface area (Å²) in [5, 5.41) is 12.7. The number of rotatable bonds is 15. The Morgan fingerprint density at radius 2 is 0.327 bits per heavy atom. The molecule has 0 aliphatic heterocycles. The second-order valence-electron chi connectivity index (χ2n) is 37.9. The largest absolute Gasteiger partial charge is 0.309 e. The predicted molar refractivity (Wildman–Crippen MR) is 651 cm³/mol. The van der Waals surface area contributed by atoms with Gasteiger partial charge in [-0.2, -0.15) is 0 Å². The minimum Gasteiger partial charge on any atom is -0.309 e. The molecule has 0 aliphatic carbocycles. The molecule has 710 valence electrons. The van der Waals surface area contributed by atoms with Gasteiger partial charge in [0.05, 0.1) is 44.1 Å². The highest BCUT2D eigenvalue weighted by molar-refractivity contribution is 9.11. The molecule has 4 aromatic heterocycles. The van der Waals surface area contributed by atoms with E-state index in [0.717, 1.165) is 17.9 Å². The Morgan fingerprint density at radius 3 is 0.693 bits per heavy atom. The Bertz CT molecular complexity index is 9890. The Labute approximate surface area is 905 Å². The van der Waals surface area contributed by atoms with Crippen LogP contribution in [0.3, 0.4) is 0 Å². The highest BCUT2D eigenvalue weighted by atomic mass is 79.9. The molecule has 0 unspecified atom stereocenters. The fraction of sp³-hybridized carbons (Fsp3) is 0. The van der Waals surface area contributed by atoms with Crippen molar-refractivity contribution in [3.05, 3.63) is 588 Å². The summed E-state index contributed by atoms with van der Waals surface area (Å²) in [6, 6.07) is 204. The molecule has 0 atom stereocenters. The lowest BCUT2D eigenvalue weighted by molar-refractivity contribution is 1.18. The Balaban J connectivity index is 0.000000104. The molecule has 0 spiro atoms. The molecule has 4 heterocycles. The Hall–Kier alpha value is -17.3. The molecule has 0 radical (unpaired) electrons.